The van der Waals surface area contributed by atoms with Crippen LogP contribution in [0.1, 0.15) is 0 Å². The van der Waals surface area contributed by atoms with Crippen LogP contribution in [-0.4, -0.2) is 16.9 Å². The molecule has 0 saturated carbocycles. The van der Waals surface area contributed by atoms with Crippen molar-refractivity contribution in [1.29, 1.82) is 0 Å². The van der Waals surface area contributed by atoms with Gasteiger partial charge < -0.3 is 5.48 Å². The molecule has 0 saturated heterocycles. The van der Waals surface area contributed by atoms with E-state index in [2.05, 4.69) is 0 Å². The molecule has 0 aromatic rings. The van der Waals surface area contributed by atoms with Gasteiger partial charge in [0.1, 0.15) is 0 Å². The third-order valence-corrected chi connectivity index (χ3v) is 0. The van der Waals surface area contributed by atoms with Crippen molar-refractivity contribution in [2.75, 3.05) is 0 Å². The van der Waals surface area contributed by atoms with E-state index < -0.39 is 22.3 Å². The molecule has 0 bridgehead atoms. The van der Waals surface area contributed by atoms with Gasteiger partial charge in [0.05, 0.1) is 0 Å². The fourth-order valence-electron chi connectivity index (χ4n) is 0. The molecule has 1 nitrogen and oxygen atoms in total. The van der Waals surface area contributed by atoms with Crippen LogP contribution < -0.4 is 0 Å². The molecule has 62 valence electrons. The van der Waals surface area contributed by atoms with Gasteiger partial charge in [-0.25, -0.2) is 30.1 Å². The molecule has 0 rings (SSSR count). The Morgan fingerprint density at radius 1 is 0.889 bits per heavy atom. The van der Waals surface area contributed by atoms with Crippen LogP contribution in [0.5, 0.6) is 0 Å². The predicted octanol–water partition coefficient (Wildman–Crippen LogP) is 2.93. The summed E-state index contributed by atoms with van der Waals surface area (Å²) in [5, 5.41) is 0. The summed E-state index contributed by atoms with van der Waals surface area (Å²) in [5.41, 5.74) is 0. The first kappa shape index (κ1) is 17.7. The summed E-state index contributed by atoms with van der Waals surface area (Å²) in [4.78, 5) is 0. The van der Waals surface area contributed by atoms with Crippen molar-refractivity contribution >= 4 is 72.0 Å². The van der Waals surface area contributed by atoms with Crippen LogP contribution in [0.4, 0.5) is 0 Å². The molecular weight excluding hydrogens is 315 g/mol. The molecule has 0 aliphatic rings. The molecule has 0 aliphatic heterocycles. The molecule has 0 fully saturated rings. The topological polar surface area (TPSA) is 31.5 Å². The Morgan fingerprint density at radius 2 is 0.889 bits per heavy atom. The van der Waals surface area contributed by atoms with E-state index in [-0.39, 0.29) is 5.48 Å². The summed E-state index contributed by atoms with van der Waals surface area (Å²) >= 11 is -1.72. The standard InChI is InChI=1S/Al.6ClH.Co.H2O/h;6*1H;;1H2/q+3;;;;;;;+3;/p-6. The molecule has 0 atom stereocenters. The second kappa shape index (κ2) is 13.3. The Balaban J connectivity index is -0.0000000720. The molecule has 0 radical (unpaired) electrons. The zero-order chi connectivity index (χ0) is 7.15. The molecule has 9 heteroatoms. The molecule has 0 aromatic heterocycles. The number of hydrogen-bond donors (Lipinski definition) is 0. The minimum atomic E-state index is -1.72. The average molecular weight is 317 g/mol. The van der Waals surface area contributed by atoms with Crippen LogP contribution in [0.15, 0.2) is 0 Å². The molecule has 0 unspecified atom stereocenters. The van der Waals surface area contributed by atoms with Gasteiger partial charge in [-0.3, -0.25) is 0 Å². The van der Waals surface area contributed by atoms with Gasteiger partial charge in [0.25, 0.3) is 0 Å². The third kappa shape index (κ3) is 109. The first-order chi connectivity index (χ1) is 3.46. The van der Waals surface area contributed by atoms with E-state index in [1.807, 2.05) is 0 Å². The molecule has 2 N–H and O–H groups in total. The number of rotatable bonds is 0. The van der Waals surface area contributed by atoms with E-state index in [0.717, 1.165) is 0 Å². The Labute approximate surface area is 87.3 Å². The molecule has 0 amide bonds. The quantitative estimate of drug-likeness (QED) is 0.616. The Hall–Kier alpha value is 2.74. The second-order valence-corrected chi connectivity index (χ2v) is 12.0. The van der Waals surface area contributed by atoms with Gasteiger partial charge in [-0.15, -0.1) is 0 Å². The first-order valence-electron chi connectivity index (χ1n) is 1.03. The van der Waals surface area contributed by atoms with Crippen molar-refractivity contribution in [3.05, 3.63) is 0 Å². The van der Waals surface area contributed by atoms with Crippen LogP contribution in [0.3, 0.4) is 0 Å². The molecule has 9 heavy (non-hydrogen) atoms. The van der Waals surface area contributed by atoms with Crippen molar-refractivity contribution < 1.29 is 16.4 Å². The minimum absolute atomic E-state index is 0. The van der Waals surface area contributed by atoms with Crippen LogP contribution in [0.25, 0.3) is 0 Å². The SMILES string of the molecule is O.[Cl][Al]([Cl])[Cl].[Cl][Co]([Cl])[Cl]. The molecule has 0 spiro atoms. The predicted molar refractivity (Wildman–Crippen MR) is 44.5 cm³/mol. The van der Waals surface area contributed by atoms with Gasteiger partial charge in [0, 0.05) is 0 Å². The summed E-state index contributed by atoms with van der Waals surface area (Å²) in [6.45, 7) is 0. The average Bonchev–Trinajstić information content (AvgIpc) is 1.25. The number of halogens is 6. The summed E-state index contributed by atoms with van der Waals surface area (Å²) < 4.78 is 0. The summed E-state index contributed by atoms with van der Waals surface area (Å²) in [6, 6.07) is 0. The normalized spacial score (nSPS) is 8.00. The molecule has 0 aliphatic carbocycles. The van der Waals surface area contributed by atoms with Crippen LogP contribution in [0.2, 0.25) is 0 Å². The summed E-state index contributed by atoms with van der Waals surface area (Å²) in [5.74, 6) is 0. The van der Waals surface area contributed by atoms with Crippen molar-refractivity contribution in [2.24, 2.45) is 0 Å². The van der Waals surface area contributed by atoms with Crippen molar-refractivity contribution in [1.82, 2.24) is 0 Å². The van der Waals surface area contributed by atoms with Crippen molar-refractivity contribution in [3.8, 4) is 0 Å². The van der Waals surface area contributed by atoms with Crippen LogP contribution in [0, 0.1) is 0 Å². The maximum atomic E-state index is 4.94. The summed E-state index contributed by atoms with van der Waals surface area (Å²) in [7, 11) is 28.2. The van der Waals surface area contributed by atoms with Crippen molar-refractivity contribution in [3.63, 3.8) is 0 Å². The van der Waals surface area contributed by atoms with E-state index >= 15 is 0 Å². The van der Waals surface area contributed by atoms with E-state index in [1.54, 1.807) is 0 Å². The Bertz CT molecular complexity index is 28.5. The Kier molecular flexibility index (Phi) is 26.3. The van der Waals surface area contributed by atoms with E-state index in [4.69, 9.17) is 60.6 Å². The van der Waals surface area contributed by atoms with Gasteiger partial charge in [-0.2, -0.15) is 0 Å². The Morgan fingerprint density at radius 3 is 0.889 bits per heavy atom. The van der Waals surface area contributed by atoms with Crippen molar-refractivity contribution in [2.45, 2.75) is 0 Å². The fourth-order valence-corrected chi connectivity index (χ4v) is 0. The monoisotopic (exact) mass is 314 g/mol. The van der Waals surface area contributed by atoms with Gasteiger partial charge in [-0.05, 0) is 0 Å². The van der Waals surface area contributed by atoms with Crippen LogP contribution in [-0.2, 0) is 10.9 Å². The van der Waals surface area contributed by atoms with Gasteiger partial charge in [0.2, 0.25) is 0 Å². The summed E-state index contributed by atoms with van der Waals surface area (Å²) in [6.07, 6.45) is 0. The van der Waals surface area contributed by atoms with Gasteiger partial charge >= 0.3 is 52.8 Å². The fraction of sp³-hybridized carbons (Fsp3) is 0. The third-order valence-electron chi connectivity index (χ3n) is 0. The molecule has 0 aromatic carbocycles. The van der Waals surface area contributed by atoms with E-state index in [1.165, 1.54) is 0 Å². The zero-order valence-corrected chi connectivity index (χ0v) is 10.4. The zero-order valence-electron chi connectivity index (χ0n) is 3.68. The number of hydrogen-bond acceptors (Lipinski definition) is 0. The van der Waals surface area contributed by atoms with E-state index in [9.17, 15) is 0 Å². The van der Waals surface area contributed by atoms with Gasteiger partial charge in [-0.1, -0.05) is 0 Å². The maximum absolute atomic E-state index is 4.94. The van der Waals surface area contributed by atoms with E-state index in [0.29, 0.717) is 0 Å². The molecular formula is H2AlCl6CoO. The van der Waals surface area contributed by atoms with Crippen LogP contribution >= 0.6 is 60.6 Å². The van der Waals surface area contributed by atoms with Gasteiger partial charge in [0.15, 0.2) is 0 Å². The molecule has 0 heterocycles. The first-order valence-corrected chi connectivity index (χ1v) is 10.6. The second-order valence-electron chi connectivity index (χ2n) is 0.390.